The monoisotopic (exact) mass is 464 g/mol. The second-order valence-corrected chi connectivity index (χ2v) is 8.54. The molecule has 0 amide bonds. The lowest BCUT2D eigenvalue weighted by Crippen LogP contribution is -2.11. The first-order valence-corrected chi connectivity index (χ1v) is 11.6. The summed E-state index contributed by atoms with van der Waals surface area (Å²) >= 11 is 0. The number of hydrogen-bond acceptors (Lipinski definition) is 5. The number of H-pyrrole nitrogens is 2. The van der Waals surface area contributed by atoms with Gasteiger partial charge in [-0.25, -0.2) is 9.97 Å². The summed E-state index contributed by atoms with van der Waals surface area (Å²) < 4.78 is 8.18. The minimum atomic E-state index is -0.241. The van der Waals surface area contributed by atoms with Crippen LogP contribution < -0.4 is 16.0 Å². The minimum absolute atomic E-state index is 0.241. The van der Waals surface area contributed by atoms with Gasteiger partial charge in [0.25, 0.3) is 5.56 Å². The van der Waals surface area contributed by atoms with Crippen molar-refractivity contribution in [3.63, 3.8) is 0 Å². The van der Waals surface area contributed by atoms with E-state index in [-0.39, 0.29) is 5.56 Å². The highest BCUT2D eigenvalue weighted by molar-refractivity contribution is 5.97. The molecule has 4 N–H and O–H groups in total. The van der Waals surface area contributed by atoms with Gasteiger partial charge in [0.15, 0.2) is 0 Å². The molecule has 8 heteroatoms. The van der Waals surface area contributed by atoms with Crippen LogP contribution in [0.1, 0.15) is 12.0 Å². The number of nitrogens with one attached hydrogen (secondary N) is 2. The van der Waals surface area contributed by atoms with E-state index in [9.17, 15) is 4.79 Å². The zero-order valence-corrected chi connectivity index (χ0v) is 19.0. The largest absolute Gasteiger partial charge is 0.489 e. The summed E-state index contributed by atoms with van der Waals surface area (Å²) in [6.07, 6.45) is 4.43. The van der Waals surface area contributed by atoms with Crippen LogP contribution in [-0.2, 0) is 13.2 Å². The molecule has 0 saturated heterocycles. The molecule has 3 aromatic carbocycles. The third-order valence-corrected chi connectivity index (χ3v) is 6.19. The summed E-state index contributed by atoms with van der Waals surface area (Å²) in [6, 6.07) is 19.7. The van der Waals surface area contributed by atoms with E-state index in [0.717, 1.165) is 51.8 Å². The Morgan fingerprint density at radius 2 is 1.86 bits per heavy atom. The minimum Gasteiger partial charge on any atom is -0.489 e. The highest BCUT2D eigenvalue weighted by atomic mass is 16.5. The van der Waals surface area contributed by atoms with E-state index in [1.165, 1.54) is 0 Å². The van der Waals surface area contributed by atoms with Crippen LogP contribution in [-0.4, -0.2) is 31.0 Å². The molecular formula is C27H24N6O2. The number of aryl methyl sites for hydroxylation is 1. The standard InChI is InChI=1S/C27H24N6O2/c28-9-4-10-33-14-20(19-8-7-18(11-25(19)33)35-15-17-5-2-1-3-6-17)26-27(34)32-24-13-22-21(29-16-30-22)12-23(24)31-26/h1-3,5-8,11-14,16H,4,9-10,15,28H2,(H,29,30)(H,32,34). The third kappa shape index (κ3) is 3.94. The summed E-state index contributed by atoms with van der Waals surface area (Å²) in [4.78, 5) is 28.2. The number of nitrogens with zero attached hydrogens (tertiary/aromatic N) is 3. The number of ether oxygens (including phenoxy) is 1. The van der Waals surface area contributed by atoms with Crippen molar-refractivity contribution in [2.24, 2.45) is 5.73 Å². The Kier molecular flexibility index (Phi) is 5.27. The van der Waals surface area contributed by atoms with Crippen molar-refractivity contribution in [1.82, 2.24) is 24.5 Å². The van der Waals surface area contributed by atoms with Crippen molar-refractivity contribution in [3.05, 3.63) is 89.1 Å². The second kappa shape index (κ2) is 8.73. The number of hydrogen-bond donors (Lipinski definition) is 3. The lowest BCUT2D eigenvalue weighted by atomic mass is 10.1. The van der Waals surface area contributed by atoms with Crippen molar-refractivity contribution in [2.45, 2.75) is 19.6 Å². The lowest BCUT2D eigenvalue weighted by molar-refractivity contribution is 0.306. The van der Waals surface area contributed by atoms with Crippen LogP contribution in [0.5, 0.6) is 5.75 Å². The van der Waals surface area contributed by atoms with Gasteiger partial charge in [-0.1, -0.05) is 30.3 Å². The fourth-order valence-electron chi connectivity index (χ4n) is 4.44. The van der Waals surface area contributed by atoms with Crippen LogP contribution >= 0.6 is 0 Å². The van der Waals surface area contributed by atoms with Gasteiger partial charge in [-0.2, -0.15) is 0 Å². The molecule has 0 aliphatic carbocycles. The van der Waals surface area contributed by atoms with E-state index < -0.39 is 0 Å². The smallest absolute Gasteiger partial charge is 0.275 e. The highest BCUT2D eigenvalue weighted by Gasteiger charge is 2.17. The van der Waals surface area contributed by atoms with Crippen molar-refractivity contribution in [2.75, 3.05) is 6.54 Å². The fraction of sp³-hybridized carbons (Fsp3) is 0.148. The topological polar surface area (TPSA) is 115 Å². The highest BCUT2D eigenvalue weighted by Crippen LogP contribution is 2.32. The molecule has 0 aliphatic rings. The van der Waals surface area contributed by atoms with Crippen LogP contribution in [0.2, 0.25) is 0 Å². The number of nitrogens with two attached hydrogens (primary N) is 1. The number of imidazole rings is 1. The van der Waals surface area contributed by atoms with E-state index in [0.29, 0.717) is 29.9 Å². The zero-order chi connectivity index (χ0) is 23.8. The van der Waals surface area contributed by atoms with Gasteiger partial charge in [0.1, 0.15) is 18.1 Å². The van der Waals surface area contributed by atoms with Crippen molar-refractivity contribution in [3.8, 4) is 17.0 Å². The molecule has 6 rings (SSSR count). The van der Waals surface area contributed by atoms with Crippen LogP contribution in [0.4, 0.5) is 0 Å². The van der Waals surface area contributed by atoms with Crippen LogP contribution in [0, 0.1) is 0 Å². The quantitative estimate of drug-likeness (QED) is 0.325. The summed E-state index contributed by atoms with van der Waals surface area (Å²) in [5.41, 5.74) is 11.8. The molecule has 6 aromatic rings. The SMILES string of the molecule is NCCCn1cc(-c2nc3cc4[nH]cnc4cc3[nH]c2=O)c2ccc(OCc3ccccc3)cc21. The van der Waals surface area contributed by atoms with Gasteiger partial charge in [0, 0.05) is 29.8 Å². The van der Waals surface area contributed by atoms with Gasteiger partial charge in [-0.15, -0.1) is 0 Å². The first-order chi connectivity index (χ1) is 17.2. The first-order valence-electron chi connectivity index (χ1n) is 11.6. The fourth-order valence-corrected chi connectivity index (χ4v) is 4.44. The predicted octanol–water partition coefficient (Wildman–Crippen LogP) is 4.35. The maximum absolute atomic E-state index is 13.1. The molecule has 3 aromatic heterocycles. The molecule has 35 heavy (non-hydrogen) atoms. The normalized spacial score (nSPS) is 11.6. The molecular weight excluding hydrogens is 440 g/mol. The second-order valence-electron chi connectivity index (χ2n) is 8.54. The van der Waals surface area contributed by atoms with Crippen molar-refractivity contribution < 1.29 is 4.74 Å². The van der Waals surface area contributed by atoms with E-state index in [1.54, 1.807) is 6.33 Å². The summed E-state index contributed by atoms with van der Waals surface area (Å²) in [7, 11) is 0. The van der Waals surface area contributed by atoms with E-state index in [1.807, 2.05) is 66.9 Å². The van der Waals surface area contributed by atoms with Gasteiger partial charge < -0.3 is 25.0 Å². The van der Waals surface area contributed by atoms with E-state index >= 15 is 0 Å². The Balaban J connectivity index is 1.44. The molecule has 8 nitrogen and oxygen atoms in total. The Bertz CT molecular complexity index is 1710. The molecule has 0 bridgehead atoms. The first kappa shape index (κ1) is 21.1. The van der Waals surface area contributed by atoms with E-state index in [2.05, 4.69) is 19.5 Å². The Hall–Kier alpha value is -4.43. The Morgan fingerprint density at radius 3 is 2.71 bits per heavy atom. The van der Waals surface area contributed by atoms with Crippen molar-refractivity contribution in [1.29, 1.82) is 0 Å². The zero-order valence-electron chi connectivity index (χ0n) is 19.0. The number of fused-ring (bicyclic) bond motifs is 3. The molecule has 0 atom stereocenters. The third-order valence-electron chi connectivity index (χ3n) is 6.19. The summed E-state index contributed by atoms with van der Waals surface area (Å²) in [6.45, 7) is 1.79. The molecule has 0 saturated carbocycles. The van der Waals surface area contributed by atoms with Gasteiger partial charge in [-0.05, 0) is 42.8 Å². The molecule has 0 unspecified atom stereocenters. The van der Waals surface area contributed by atoms with E-state index in [4.69, 9.17) is 15.5 Å². The molecule has 0 aliphatic heterocycles. The Labute approximate surface area is 200 Å². The number of benzene rings is 3. The summed E-state index contributed by atoms with van der Waals surface area (Å²) in [5.74, 6) is 0.766. The van der Waals surface area contributed by atoms with Gasteiger partial charge in [0.2, 0.25) is 0 Å². The number of aromatic amines is 2. The van der Waals surface area contributed by atoms with Gasteiger partial charge >= 0.3 is 0 Å². The predicted molar refractivity (Wildman–Crippen MR) is 137 cm³/mol. The average molecular weight is 465 g/mol. The average Bonchev–Trinajstić information content (AvgIpc) is 3.49. The van der Waals surface area contributed by atoms with Crippen LogP contribution in [0.3, 0.4) is 0 Å². The van der Waals surface area contributed by atoms with Crippen LogP contribution in [0.25, 0.3) is 44.2 Å². The maximum atomic E-state index is 13.1. The summed E-state index contributed by atoms with van der Waals surface area (Å²) in [5, 5.41) is 0.939. The van der Waals surface area contributed by atoms with Crippen LogP contribution in [0.15, 0.2) is 78.0 Å². The number of rotatable bonds is 7. The lowest BCUT2D eigenvalue weighted by Gasteiger charge is -2.08. The Morgan fingerprint density at radius 1 is 1.00 bits per heavy atom. The molecule has 0 radical (unpaired) electrons. The maximum Gasteiger partial charge on any atom is 0.275 e. The molecule has 0 spiro atoms. The van der Waals surface area contributed by atoms with Gasteiger partial charge in [0.05, 0.1) is 33.9 Å². The van der Waals surface area contributed by atoms with Crippen molar-refractivity contribution >= 4 is 33.0 Å². The van der Waals surface area contributed by atoms with Gasteiger partial charge in [-0.3, -0.25) is 4.79 Å². The molecule has 3 heterocycles. The molecule has 174 valence electrons. The molecule has 0 fully saturated rings. The number of aromatic nitrogens is 5.